The third kappa shape index (κ3) is 4.79. The number of carbonyl (C=O) groups is 1. The van der Waals surface area contributed by atoms with Crippen LogP contribution in [0.15, 0.2) is 83.0 Å². The summed E-state index contributed by atoms with van der Waals surface area (Å²) in [5.74, 6) is 0.276. The number of nitrogens with two attached hydrogens (primary N) is 1. The summed E-state index contributed by atoms with van der Waals surface area (Å²) in [6.45, 7) is 2.46. The van der Waals surface area contributed by atoms with Crippen molar-refractivity contribution in [3.63, 3.8) is 0 Å². The molecule has 2 aliphatic rings. The van der Waals surface area contributed by atoms with Crippen molar-refractivity contribution in [3.8, 4) is 11.1 Å². The highest BCUT2D eigenvalue weighted by Crippen LogP contribution is 2.42. The molecule has 0 amide bonds. The van der Waals surface area contributed by atoms with Gasteiger partial charge in [-0.2, -0.15) is 13.2 Å². The van der Waals surface area contributed by atoms with Crippen LogP contribution in [0.1, 0.15) is 30.0 Å². The molecule has 7 nitrogen and oxygen atoms in total. The van der Waals surface area contributed by atoms with E-state index in [9.17, 15) is 13.2 Å². The molecule has 1 aromatic heterocycles. The van der Waals surface area contributed by atoms with Crippen LogP contribution in [-0.2, 0) is 16.5 Å². The molecule has 3 heterocycles. The van der Waals surface area contributed by atoms with Crippen LogP contribution >= 0.6 is 0 Å². The van der Waals surface area contributed by atoms with Gasteiger partial charge >= 0.3 is 6.18 Å². The molecule has 3 aromatic rings. The van der Waals surface area contributed by atoms with E-state index in [4.69, 9.17) is 25.6 Å². The second kappa shape index (κ2) is 9.80. The molecule has 1 atom stereocenters. The zero-order valence-electron chi connectivity index (χ0n) is 19.4. The first-order chi connectivity index (χ1) is 17.1. The highest BCUT2D eigenvalue weighted by Gasteiger charge is 2.49. The molecule has 0 bridgehead atoms. The minimum atomic E-state index is -4.41. The standard InChI is InChI=1S/C24H20F3N5.C2H4O2/c25-24(26,27)20-7-2-5-17(15-20)16-4-1-6-19(14-16)23(18-8-11-29-12-9-18)21-30-10-3-13-32(21)22(28)31-23;1-2(3)4/h1-2,4-9,11-12,14-15H,3,10,13H2,(H2,28,31);1H3,(H,3,4). The van der Waals surface area contributed by atoms with Crippen LogP contribution in [0.2, 0.25) is 0 Å². The lowest BCUT2D eigenvalue weighted by Crippen LogP contribution is -2.46. The molecular formula is C26H24F3N5O2. The van der Waals surface area contributed by atoms with Gasteiger partial charge in [-0.15, -0.1) is 0 Å². The summed E-state index contributed by atoms with van der Waals surface area (Å²) in [6.07, 6.45) is -0.166. The van der Waals surface area contributed by atoms with Crippen LogP contribution < -0.4 is 5.73 Å². The maximum absolute atomic E-state index is 13.3. The summed E-state index contributed by atoms with van der Waals surface area (Å²) < 4.78 is 39.8. The summed E-state index contributed by atoms with van der Waals surface area (Å²) in [7, 11) is 0. The van der Waals surface area contributed by atoms with Crippen LogP contribution in [0.25, 0.3) is 11.1 Å². The lowest BCUT2D eigenvalue weighted by atomic mass is 9.81. The molecule has 0 radical (unpaired) electrons. The highest BCUT2D eigenvalue weighted by atomic mass is 19.4. The molecule has 10 heteroatoms. The predicted octanol–water partition coefficient (Wildman–Crippen LogP) is 4.53. The van der Waals surface area contributed by atoms with E-state index in [1.54, 1.807) is 24.5 Å². The molecule has 0 aliphatic carbocycles. The van der Waals surface area contributed by atoms with Crippen LogP contribution in [0.3, 0.4) is 0 Å². The third-order valence-corrected chi connectivity index (χ3v) is 5.84. The number of pyridine rings is 1. The zero-order valence-corrected chi connectivity index (χ0v) is 19.4. The molecule has 0 spiro atoms. The van der Waals surface area contributed by atoms with Gasteiger partial charge in [0.15, 0.2) is 11.5 Å². The number of alkyl halides is 3. The number of hydrogen-bond acceptors (Lipinski definition) is 6. The maximum Gasteiger partial charge on any atom is 0.416 e. The number of fused-ring (bicyclic) bond motifs is 1. The molecule has 0 saturated carbocycles. The highest BCUT2D eigenvalue weighted by molar-refractivity contribution is 6.12. The number of carboxylic acids is 1. The zero-order chi connectivity index (χ0) is 25.9. The molecule has 5 rings (SSSR count). The van der Waals surface area contributed by atoms with Gasteiger partial charge in [0.05, 0.1) is 5.56 Å². The van der Waals surface area contributed by atoms with Crippen molar-refractivity contribution in [2.45, 2.75) is 25.1 Å². The van der Waals surface area contributed by atoms with Crippen LogP contribution in [0, 0.1) is 0 Å². The quantitative estimate of drug-likeness (QED) is 0.556. The van der Waals surface area contributed by atoms with Gasteiger partial charge in [-0.1, -0.05) is 30.3 Å². The fraction of sp³-hybridized carbons (Fsp3) is 0.231. The maximum atomic E-state index is 13.3. The minimum Gasteiger partial charge on any atom is -0.481 e. The van der Waals surface area contributed by atoms with Crippen LogP contribution in [0.4, 0.5) is 13.2 Å². The summed E-state index contributed by atoms with van der Waals surface area (Å²) >= 11 is 0. The van der Waals surface area contributed by atoms with Gasteiger partial charge in [0, 0.05) is 32.4 Å². The largest absolute Gasteiger partial charge is 0.481 e. The first-order valence-electron chi connectivity index (χ1n) is 11.2. The Kier molecular flexibility index (Phi) is 6.78. The second-order valence-electron chi connectivity index (χ2n) is 8.31. The van der Waals surface area contributed by atoms with Crippen molar-refractivity contribution >= 4 is 17.8 Å². The van der Waals surface area contributed by atoms with Gasteiger partial charge in [0.25, 0.3) is 5.97 Å². The van der Waals surface area contributed by atoms with Crippen molar-refractivity contribution in [2.75, 3.05) is 13.1 Å². The monoisotopic (exact) mass is 495 g/mol. The number of aromatic nitrogens is 1. The van der Waals surface area contributed by atoms with Crippen molar-refractivity contribution in [3.05, 3.63) is 89.7 Å². The van der Waals surface area contributed by atoms with Gasteiger partial charge in [0.1, 0.15) is 5.84 Å². The molecule has 36 heavy (non-hydrogen) atoms. The smallest absolute Gasteiger partial charge is 0.416 e. The fourth-order valence-corrected chi connectivity index (χ4v) is 4.37. The van der Waals surface area contributed by atoms with Crippen molar-refractivity contribution < 1.29 is 23.1 Å². The number of hydrogen-bond donors (Lipinski definition) is 2. The Balaban J connectivity index is 0.000000709. The Morgan fingerprint density at radius 3 is 2.33 bits per heavy atom. The Morgan fingerprint density at radius 2 is 1.67 bits per heavy atom. The van der Waals surface area contributed by atoms with E-state index >= 15 is 0 Å². The predicted molar refractivity (Wildman–Crippen MR) is 130 cm³/mol. The Labute approximate surface area is 205 Å². The number of carboxylic acid groups (broad SMARTS) is 1. The lowest BCUT2D eigenvalue weighted by molar-refractivity contribution is -0.137. The van der Waals surface area contributed by atoms with Gasteiger partial charge in [0.2, 0.25) is 0 Å². The van der Waals surface area contributed by atoms with E-state index in [1.165, 1.54) is 6.07 Å². The van der Waals surface area contributed by atoms with Gasteiger partial charge in [-0.25, -0.2) is 4.99 Å². The fourth-order valence-electron chi connectivity index (χ4n) is 4.37. The normalized spacial score (nSPS) is 18.9. The number of halogens is 3. The van der Waals surface area contributed by atoms with E-state index in [0.717, 1.165) is 42.4 Å². The number of aliphatic carboxylic acids is 1. The molecule has 0 fully saturated rings. The minimum absolute atomic E-state index is 0.379. The number of benzene rings is 2. The number of nitrogens with zero attached hydrogens (tertiary/aromatic N) is 4. The number of aliphatic imine (C=N–C) groups is 2. The summed E-state index contributed by atoms with van der Waals surface area (Å²) in [6, 6.07) is 16.5. The molecule has 1 unspecified atom stereocenters. The SMILES string of the molecule is CC(=O)O.NC1=NC(c2ccncc2)(c2cccc(-c3cccc(C(F)(F)F)c3)c2)C2=NCCCN12. The van der Waals surface area contributed by atoms with Crippen LogP contribution in [0.5, 0.6) is 0 Å². The first kappa shape index (κ1) is 24.9. The summed E-state index contributed by atoms with van der Waals surface area (Å²) in [5, 5.41) is 7.42. The van der Waals surface area contributed by atoms with E-state index in [1.807, 2.05) is 35.2 Å². The van der Waals surface area contributed by atoms with E-state index in [2.05, 4.69) is 4.98 Å². The Bertz CT molecular complexity index is 1320. The molecule has 3 N–H and O–H groups in total. The third-order valence-electron chi connectivity index (χ3n) is 5.84. The number of guanidine groups is 1. The number of rotatable bonds is 3. The lowest BCUT2D eigenvalue weighted by Gasteiger charge is -2.33. The average molecular weight is 496 g/mol. The molecule has 0 saturated heterocycles. The van der Waals surface area contributed by atoms with Gasteiger partial charge < -0.3 is 10.8 Å². The average Bonchev–Trinajstić information content (AvgIpc) is 3.17. The Hall–Kier alpha value is -4.21. The van der Waals surface area contributed by atoms with Crippen molar-refractivity contribution in [2.24, 2.45) is 15.7 Å². The topological polar surface area (TPSA) is 104 Å². The Morgan fingerprint density at radius 1 is 1.03 bits per heavy atom. The molecular weight excluding hydrogens is 471 g/mol. The van der Waals surface area contributed by atoms with Crippen molar-refractivity contribution in [1.29, 1.82) is 0 Å². The summed E-state index contributed by atoms with van der Waals surface area (Å²) in [5.41, 5.74) is 7.41. The molecule has 2 aromatic carbocycles. The van der Waals surface area contributed by atoms with Crippen LogP contribution in [-0.4, -0.2) is 45.8 Å². The summed E-state index contributed by atoms with van der Waals surface area (Å²) in [4.78, 5) is 24.7. The van der Waals surface area contributed by atoms with E-state index in [0.29, 0.717) is 30.2 Å². The second-order valence-corrected chi connectivity index (χ2v) is 8.31. The molecule has 2 aliphatic heterocycles. The molecule has 186 valence electrons. The number of amidine groups is 1. The van der Waals surface area contributed by atoms with E-state index < -0.39 is 23.2 Å². The van der Waals surface area contributed by atoms with Gasteiger partial charge in [-0.05, 0) is 59.0 Å². The first-order valence-corrected chi connectivity index (χ1v) is 11.2. The van der Waals surface area contributed by atoms with Crippen molar-refractivity contribution in [1.82, 2.24) is 9.88 Å². The van der Waals surface area contributed by atoms with Gasteiger partial charge in [-0.3, -0.25) is 19.7 Å². The van der Waals surface area contributed by atoms with E-state index in [-0.39, 0.29) is 0 Å².